The molecule has 2 aromatic heterocycles. The maximum Gasteiger partial charge on any atom is 0.297 e. The van der Waals surface area contributed by atoms with Crippen LogP contribution in [0.2, 0.25) is 0 Å². The Kier molecular flexibility index (Phi) is 4.09. The highest BCUT2D eigenvalue weighted by Gasteiger charge is 2.36. The molecule has 0 saturated carbocycles. The molecule has 0 spiro atoms. The Morgan fingerprint density at radius 2 is 2.09 bits per heavy atom. The van der Waals surface area contributed by atoms with E-state index in [1.165, 1.54) is 23.4 Å². The van der Waals surface area contributed by atoms with E-state index in [0.29, 0.717) is 18.1 Å². The van der Waals surface area contributed by atoms with Crippen LogP contribution in [-0.2, 0) is 18.9 Å². The lowest BCUT2D eigenvalue weighted by Gasteiger charge is -2.16. The van der Waals surface area contributed by atoms with Gasteiger partial charge in [-0.25, -0.2) is 8.78 Å². The molecule has 0 aliphatic carbocycles. The van der Waals surface area contributed by atoms with Crippen molar-refractivity contribution in [1.29, 1.82) is 0 Å². The first-order chi connectivity index (χ1) is 10.9. The van der Waals surface area contributed by atoms with Crippen LogP contribution in [0.3, 0.4) is 0 Å². The van der Waals surface area contributed by atoms with E-state index in [1.54, 1.807) is 16.6 Å². The Hall–Kier alpha value is -1.97. The molecule has 1 amide bonds. The lowest BCUT2D eigenvalue weighted by Crippen LogP contribution is -2.29. The van der Waals surface area contributed by atoms with Crippen LogP contribution in [0.25, 0.3) is 0 Å². The van der Waals surface area contributed by atoms with Crippen LogP contribution in [0.4, 0.5) is 14.6 Å². The van der Waals surface area contributed by atoms with Gasteiger partial charge in [-0.1, -0.05) is 11.8 Å². The molecule has 1 unspecified atom stereocenters. The SMILES string of the molecule is Cc1cc(N2CCC(Sc3nnc(C(F)F)n3C)C2=O)n(C)n1. The average Bonchev–Trinajstić information content (AvgIpc) is 3.11. The number of carbonyl (C=O) groups excluding carboxylic acids is 1. The van der Waals surface area contributed by atoms with Gasteiger partial charge in [0.1, 0.15) is 5.82 Å². The first kappa shape index (κ1) is 15.9. The number of halogens is 2. The van der Waals surface area contributed by atoms with Crippen molar-refractivity contribution >= 4 is 23.5 Å². The smallest absolute Gasteiger partial charge is 0.297 e. The van der Waals surface area contributed by atoms with Crippen molar-refractivity contribution in [2.75, 3.05) is 11.4 Å². The molecule has 7 nitrogen and oxygen atoms in total. The van der Waals surface area contributed by atoms with Gasteiger partial charge >= 0.3 is 0 Å². The summed E-state index contributed by atoms with van der Waals surface area (Å²) in [6.07, 6.45) is -2.07. The van der Waals surface area contributed by atoms with Gasteiger partial charge in [-0.05, 0) is 13.3 Å². The van der Waals surface area contributed by atoms with Crippen molar-refractivity contribution in [3.05, 3.63) is 17.6 Å². The second-order valence-electron chi connectivity index (χ2n) is 5.35. The van der Waals surface area contributed by atoms with Crippen molar-refractivity contribution < 1.29 is 13.6 Å². The zero-order chi connectivity index (χ0) is 16.7. The number of hydrogen-bond acceptors (Lipinski definition) is 5. The molecule has 1 fully saturated rings. The van der Waals surface area contributed by atoms with Gasteiger partial charge in [0.2, 0.25) is 11.7 Å². The van der Waals surface area contributed by atoms with Crippen LogP contribution < -0.4 is 4.90 Å². The van der Waals surface area contributed by atoms with Crippen molar-refractivity contribution in [1.82, 2.24) is 24.5 Å². The molecule has 1 aliphatic heterocycles. The maximum atomic E-state index is 12.7. The van der Waals surface area contributed by atoms with E-state index in [1.807, 2.05) is 13.0 Å². The maximum absolute atomic E-state index is 12.7. The molecule has 3 rings (SSSR count). The van der Waals surface area contributed by atoms with Gasteiger partial charge in [-0.15, -0.1) is 10.2 Å². The predicted molar refractivity (Wildman–Crippen MR) is 80.5 cm³/mol. The third-order valence-corrected chi connectivity index (χ3v) is 5.01. The van der Waals surface area contributed by atoms with E-state index in [-0.39, 0.29) is 11.2 Å². The first-order valence-electron chi connectivity index (χ1n) is 7.04. The second-order valence-corrected chi connectivity index (χ2v) is 6.52. The lowest BCUT2D eigenvalue weighted by atomic mass is 10.4. The Morgan fingerprint density at radius 1 is 1.35 bits per heavy atom. The van der Waals surface area contributed by atoms with Crippen LogP contribution >= 0.6 is 11.8 Å². The van der Waals surface area contributed by atoms with Crippen LogP contribution in [0.1, 0.15) is 24.4 Å². The zero-order valence-electron chi connectivity index (χ0n) is 12.9. The molecule has 0 bridgehead atoms. The predicted octanol–water partition coefficient (Wildman–Crippen LogP) is 1.69. The number of anilines is 1. The van der Waals surface area contributed by atoms with Crippen LogP contribution in [0.5, 0.6) is 0 Å². The average molecular weight is 342 g/mol. The summed E-state index contributed by atoms with van der Waals surface area (Å²) in [6, 6.07) is 1.85. The van der Waals surface area contributed by atoms with E-state index in [4.69, 9.17) is 0 Å². The molecular formula is C13H16F2N6OS. The number of aryl methyl sites for hydroxylation is 2. The largest absolute Gasteiger partial charge is 0.304 e. The van der Waals surface area contributed by atoms with E-state index < -0.39 is 12.2 Å². The molecule has 0 radical (unpaired) electrons. The summed E-state index contributed by atoms with van der Waals surface area (Å²) < 4.78 is 28.4. The first-order valence-corrected chi connectivity index (χ1v) is 7.92. The highest BCUT2D eigenvalue weighted by molar-refractivity contribution is 8.00. The Labute approximate surface area is 135 Å². The van der Waals surface area contributed by atoms with Gasteiger partial charge in [0, 0.05) is 26.7 Å². The Morgan fingerprint density at radius 3 is 2.65 bits per heavy atom. The zero-order valence-corrected chi connectivity index (χ0v) is 13.7. The summed E-state index contributed by atoms with van der Waals surface area (Å²) in [4.78, 5) is 14.3. The molecule has 124 valence electrons. The van der Waals surface area contributed by atoms with Crippen LogP contribution in [0.15, 0.2) is 11.2 Å². The van der Waals surface area contributed by atoms with E-state index >= 15 is 0 Å². The number of nitrogens with zero attached hydrogens (tertiary/aromatic N) is 6. The number of alkyl halides is 2. The number of rotatable bonds is 4. The molecule has 0 aromatic carbocycles. The van der Waals surface area contributed by atoms with Crippen molar-refractivity contribution in [3.8, 4) is 0 Å². The quantitative estimate of drug-likeness (QED) is 0.846. The number of carbonyl (C=O) groups is 1. The fraction of sp³-hybridized carbons (Fsp3) is 0.538. The van der Waals surface area contributed by atoms with Crippen LogP contribution in [0, 0.1) is 6.92 Å². The monoisotopic (exact) mass is 342 g/mol. The molecule has 23 heavy (non-hydrogen) atoms. The van der Waals surface area contributed by atoms with Gasteiger partial charge < -0.3 is 4.57 Å². The standard InChI is InChI=1S/C13H16F2N6OS/c1-7-6-9(20(3)18-7)21-5-4-8(12(21)22)23-13-17-16-11(10(14)15)19(13)2/h6,8,10H,4-5H2,1-3H3. The van der Waals surface area contributed by atoms with Crippen LogP contribution in [-0.4, -0.2) is 42.2 Å². The summed E-state index contributed by atoms with van der Waals surface area (Å²) in [5, 5.41) is 11.4. The lowest BCUT2D eigenvalue weighted by molar-refractivity contribution is -0.116. The van der Waals surface area contributed by atoms with Crippen molar-refractivity contribution in [3.63, 3.8) is 0 Å². The van der Waals surface area contributed by atoms with Crippen molar-refractivity contribution in [2.45, 2.75) is 30.2 Å². The summed E-state index contributed by atoms with van der Waals surface area (Å²) in [7, 11) is 3.26. The number of hydrogen-bond donors (Lipinski definition) is 0. The van der Waals surface area contributed by atoms with Crippen molar-refractivity contribution in [2.24, 2.45) is 14.1 Å². The highest BCUT2D eigenvalue weighted by Crippen LogP contribution is 2.33. The van der Waals surface area contributed by atoms with E-state index in [2.05, 4.69) is 15.3 Å². The number of thioether (sulfide) groups is 1. The fourth-order valence-corrected chi connectivity index (χ4v) is 3.63. The summed E-state index contributed by atoms with van der Waals surface area (Å²) >= 11 is 1.17. The summed E-state index contributed by atoms with van der Waals surface area (Å²) in [5.41, 5.74) is 0.835. The third kappa shape index (κ3) is 2.82. The Bertz CT molecular complexity index is 743. The van der Waals surface area contributed by atoms with Gasteiger partial charge in [0.25, 0.3) is 6.43 Å². The van der Waals surface area contributed by atoms with Gasteiger partial charge in [0.15, 0.2) is 5.16 Å². The van der Waals surface area contributed by atoms with Gasteiger partial charge in [0.05, 0.1) is 10.9 Å². The molecule has 0 N–H and O–H groups in total. The molecule has 1 atom stereocenters. The molecular weight excluding hydrogens is 326 g/mol. The molecule has 1 aliphatic rings. The van der Waals surface area contributed by atoms with E-state index in [9.17, 15) is 13.6 Å². The Balaban J connectivity index is 1.76. The summed E-state index contributed by atoms with van der Waals surface area (Å²) in [5.74, 6) is 0.276. The highest BCUT2D eigenvalue weighted by atomic mass is 32.2. The molecule has 2 aromatic rings. The molecule has 1 saturated heterocycles. The number of amides is 1. The third-order valence-electron chi connectivity index (χ3n) is 3.72. The normalized spacial score (nSPS) is 18.4. The van der Waals surface area contributed by atoms with Gasteiger partial charge in [-0.3, -0.25) is 14.4 Å². The topological polar surface area (TPSA) is 68.8 Å². The molecule has 10 heteroatoms. The molecule has 3 heterocycles. The van der Waals surface area contributed by atoms with E-state index in [0.717, 1.165) is 11.5 Å². The second kappa shape index (κ2) is 5.91. The fourth-order valence-electron chi connectivity index (χ4n) is 2.59. The minimum Gasteiger partial charge on any atom is -0.304 e. The number of aromatic nitrogens is 5. The van der Waals surface area contributed by atoms with Gasteiger partial charge in [-0.2, -0.15) is 5.10 Å². The minimum absolute atomic E-state index is 0.0698. The summed E-state index contributed by atoms with van der Waals surface area (Å²) in [6.45, 7) is 2.43. The minimum atomic E-state index is -2.69.